The van der Waals surface area contributed by atoms with Gasteiger partial charge in [0.15, 0.2) is 0 Å². The molecule has 1 saturated heterocycles. The van der Waals surface area contributed by atoms with Crippen molar-refractivity contribution in [1.82, 2.24) is 10.2 Å². The molecule has 5 nitrogen and oxygen atoms in total. The van der Waals surface area contributed by atoms with Crippen molar-refractivity contribution in [1.29, 1.82) is 0 Å². The number of carbonyl (C=O) groups is 2. The first-order valence-electron chi connectivity index (χ1n) is 9.30. The van der Waals surface area contributed by atoms with Crippen LogP contribution >= 0.6 is 11.8 Å². The first-order chi connectivity index (χ1) is 12.3. The molecule has 0 bridgehead atoms. The molecule has 1 aromatic rings. The number of fused-ring (bicyclic) bond motifs is 1. The maximum Gasteiger partial charge on any atom is 0.243 e. The van der Waals surface area contributed by atoms with Crippen molar-refractivity contribution in [2.45, 2.75) is 46.2 Å². The van der Waals surface area contributed by atoms with E-state index in [1.54, 1.807) is 16.7 Å². The fourth-order valence-corrected chi connectivity index (χ4v) is 4.83. The highest BCUT2D eigenvalue weighted by molar-refractivity contribution is 7.99. The summed E-state index contributed by atoms with van der Waals surface area (Å²) in [5.74, 6) is 1.29. The summed E-state index contributed by atoms with van der Waals surface area (Å²) in [4.78, 5) is 29.3. The van der Waals surface area contributed by atoms with Gasteiger partial charge in [-0.3, -0.25) is 9.59 Å². The third-order valence-corrected chi connectivity index (χ3v) is 6.10. The molecule has 26 heavy (non-hydrogen) atoms. The fraction of sp³-hybridized carbons (Fsp3) is 0.600. The van der Waals surface area contributed by atoms with E-state index >= 15 is 0 Å². The quantitative estimate of drug-likeness (QED) is 0.879. The minimum absolute atomic E-state index is 0.0345. The second-order valence-electron chi connectivity index (χ2n) is 8.21. The molecular formula is C20H29N3O2S. The van der Waals surface area contributed by atoms with E-state index in [0.29, 0.717) is 24.2 Å². The van der Waals surface area contributed by atoms with Crippen LogP contribution in [0.2, 0.25) is 0 Å². The van der Waals surface area contributed by atoms with Gasteiger partial charge in [0.25, 0.3) is 0 Å². The van der Waals surface area contributed by atoms with Crippen LogP contribution < -0.4 is 10.2 Å². The number of rotatable bonds is 4. The first-order valence-corrected chi connectivity index (χ1v) is 10.5. The zero-order valence-corrected chi connectivity index (χ0v) is 16.9. The van der Waals surface area contributed by atoms with E-state index in [0.717, 1.165) is 13.0 Å². The van der Waals surface area contributed by atoms with Crippen molar-refractivity contribution in [2.24, 2.45) is 5.41 Å². The summed E-state index contributed by atoms with van der Waals surface area (Å²) >= 11 is 1.65. The molecule has 1 fully saturated rings. The topological polar surface area (TPSA) is 52.7 Å². The Morgan fingerprint density at radius 3 is 2.73 bits per heavy atom. The van der Waals surface area contributed by atoms with Gasteiger partial charge in [0.05, 0.1) is 5.88 Å². The number of nitrogens with zero attached hydrogens (tertiary/aromatic N) is 2. The van der Waals surface area contributed by atoms with E-state index in [1.165, 1.54) is 11.3 Å². The van der Waals surface area contributed by atoms with Crippen molar-refractivity contribution in [3.63, 3.8) is 0 Å². The van der Waals surface area contributed by atoms with Gasteiger partial charge in [-0.25, -0.2) is 0 Å². The third kappa shape index (κ3) is 3.85. The summed E-state index contributed by atoms with van der Waals surface area (Å²) in [5.41, 5.74) is 2.19. The van der Waals surface area contributed by atoms with Crippen molar-refractivity contribution >= 4 is 29.3 Å². The lowest BCUT2D eigenvalue weighted by Gasteiger charge is -2.30. The fourth-order valence-electron chi connectivity index (χ4n) is 3.68. The van der Waals surface area contributed by atoms with E-state index in [1.807, 2.05) is 20.8 Å². The monoisotopic (exact) mass is 375 g/mol. The highest BCUT2D eigenvalue weighted by Crippen LogP contribution is 2.31. The second-order valence-corrected chi connectivity index (χ2v) is 9.21. The molecule has 0 saturated carbocycles. The van der Waals surface area contributed by atoms with E-state index in [-0.39, 0.29) is 17.9 Å². The Hall–Kier alpha value is -1.69. The predicted octanol–water partition coefficient (Wildman–Crippen LogP) is 2.50. The number of thioether (sulfide) groups is 1. The van der Waals surface area contributed by atoms with Gasteiger partial charge < -0.3 is 15.1 Å². The number of anilines is 1. The van der Waals surface area contributed by atoms with E-state index in [4.69, 9.17) is 0 Å². The largest absolute Gasteiger partial charge is 0.367 e. The molecule has 2 aliphatic heterocycles. The predicted molar refractivity (Wildman–Crippen MR) is 107 cm³/mol. The van der Waals surface area contributed by atoms with Crippen LogP contribution in [0, 0.1) is 5.41 Å². The molecule has 2 heterocycles. The molecular weight excluding hydrogens is 346 g/mol. The van der Waals surface area contributed by atoms with Gasteiger partial charge in [-0.05, 0) is 25.0 Å². The van der Waals surface area contributed by atoms with Crippen LogP contribution in [0.25, 0.3) is 0 Å². The molecule has 3 rings (SSSR count). The molecule has 0 aliphatic carbocycles. The minimum atomic E-state index is -0.460. The van der Waals surface area contributed by atoms with Crippen LogP contribution in [0.4, 0.5) is 5.69 Å². The third-order valence-electron chi connectivity index (χ3n) is 5.09. The molecule has 142 valence electrons. The molecule has 0 spiro atoms. The molecule has 0 aromatic heterocycles. The second kappa shape index (κ2) is 7.51. The zero-order chi connectivity index (χ0) is 18.9. The summed E-state index contributed by atoms with van der Waals surface area (Å²) in [7, 11) is 0. The maximum absolute atomic E-state index is 12.7. The Bertz CT molecular complexity index is 686. The number of benzene rings is 1. The van der Waals surface area contributed by atoms with Gasteiger partial charge in [0.1, 0.15) is 6.04 Å². The lowest BCUT2D eigenvalue weighted by molar-refractivity contribution is -0.144. The number of nitrogens with one attached hydrogen (secondary N) is 1. The SMILES string of the molecule is C[C@@H]1Cc2ccccc2N1CCNC(=O)[C@H]1CSCN1C(=O)C(C)(C)C. The Kier molecular flexibility index (Phi) is 5.51. The lowest BCUT2D eigenvalue weighted by atomic mass is 9.94. The zero-order valence-electron chi connectivity index (χ0n) is 16.1. The van der Waals surface area contributed by atoms with Gasteiger partial charge >= 0.3 is 0 Å². The molecule has 0 radical (unpaired) electrons. The molecule has 2 amide bonds. The summed E-state index contributed by atoms with van der Waals surface area (Å²) in [6.45, 7) is 9.31. The van der Waals surface area contributed by atoms with Crippen molar-refractivity contribution in [3.8, 4) is 0 Å². The molecule has 1 N–H and O–H groups in total. The van der Waals surface area contributed by atoms with Gasteiger partial charge in [0, 0.05) is 36.0 Å². The molecule has 2 atom stereocenters. The van der Waals surface area contributed by atoms with Crippen LogP contribution in [0.3, 0.4) is 0 Å². The Labute approximate surface area is 160 Å². The average molecular weight is 376 g/mol. The van der Waals surface area contributed by atoms with Crippen LogP contribution in [-0.2, 0) is 16.0 Å². The van der Waals surface area contributed by atoms with Crippen molar-refractivity contribution in [3.05, 3.63) is 29.8 Å². The van der Waals surface area contributed by atoms with Crippen molar-refractivity contribution < 1.29 is 9.59 Å². The maximum atomic E-state index is 12.7. The van der Waals surface area contributed by atoms with Gasteiger partial charge in [-0.15, -0.1) is 11.8 Å². The number of amides is 2. The number of carbonyl (C=O) groups excluding carboxylic acids is 2. The molecule has 6 heteroatoms. The van der Waals surface area contributed by atoms with E-state index in [9.17, 15) is 9.59 Å². The first kappa shape index (κ1) is 19.1. The summed E-state index contributed by atoms with van der Waals surface area (Å²) in [6, 6.07) is 8.57. The average Bonchev–Trinajstić information content (AvgIpc) is 3.18. The lowest BCUT2D eigenvalue weighted by Crippen LogP contribution is -2.51. The smallest absolute Gasteiger partial charge is 0.243 e. The molecule has 2 aliphatic rings. The Morgan fingerprint density at radius 2 is 2.00 bits per heavy atom. The summed E-state index contributed by atoms with van der Waals surface area (Å²) in [6.07, 6.45) is 1.05. The molecule has 1 aromatic carbocycles. The van der Waals surface area contributed by atoms with Gasteiger partial charge in [-0.1, -0.05) is 39.0 Å². The minimum Gasteiger partial charge on any atom is -0.367 e. The van der Waals surface area contributed by atoms with Crippen LogP contribution in [0.5, 0.6) is 0 Å². The highest BCUT2D eigenvalue weighted by Gasteiger charge is 2.39. The normalized spacial score (nSPS) is 22.5. The van der Waals surface area contributed by atoms with Crippen molar-refractivity contribution in [2.75, 3.05) is 29.6 Å². The van der Waals surface area contributed by atoms with Gasteiger partial charge in [0.2, 0.25) is 11.8 Å². The Balaban J connectivity index is 1.55. The van der Waals surface area contributed by atoms with E-state index < -0.39 is 5.41 Å². The van der Waals surface area contributed by atoms with Crippen LogP contribution in [0.15, 0.2) is 24.3 Å². The summed E-state index contributed by atoms with van der Waals surface area (Å²) in [5, 5.41) is 3.05. The number of hydrogen-bond donors (Lipinski definition) is 1. The summed E-state index contributed by atoms with van der Waals surface area (Å²) < 4.78 is 0. The van der Waals surface area contributed by atoms with E-state index in [2.05, 4.69) is 41.4 Å². The standard InChI is InChI=1S/C20H29N3O2S/c1-14-11-15-7-5-6-8-16(15)22(14)10-9-21-18(24)17-12-26-13-23(17)19(25)20(2,3)4/h5-8,14,17H,9-13H2,1-4H3,(H,21,24)/t14-,17-/m1/s1. The van der Waals surface area contributed by atoms with Crippen LogP contribution in [0.1, 0.15) is 33.3 Å². The number of para-hydroxylation sites is 1. The molecule has 0 unspecified atom stereocenters. The highest BCUT2D eigenvalue weighted by atomic mass is 32.2. The van der Waals surface area contributed by atoms with Crippen LogP contribution in [-0.4, -0.2) is 53.5 Å². The Morgan fingerprint density at radius 1 is 1.27 bits per heavy atom. The van der Waals surface area contributed by atoms with Gasteiger partial charge in [-0.2, -0.15) is 0 Å². The number of hydrogen-bond acceptors (Lipinski definition) is 4.